The van der Waals surface area contributed by atoms with E-state index < -0.39 is 0 Å². The van der Waals surface area contributed by atoms with Crippen LogP contribution in [0.4, 0.5) is 0 Å². The summed E-state index contributed by atoms with van der Waals surface area (Å²) in [5, 5.41) is 0. The van der Waals surface area contributed by atoms with Crippen LogP contribution in [0.1, 0.15) is 26.7 Å². The van der Waals surface area contributed by atoms with Crippen molar-refractivity contribution in [1.82, 2.24) is 0 Å². The first-order valence-corrected chi connectivity index (χ1v) is 7.20. The van der Waals surface area contributed by atoms with Crippen molar-refractivity contribution in [2.45, 2.75) is 32.1 Å². The lowest BCUT2D eigenvalue weighted by atomic mass is 9.91. The Labute approximate surface area is 79.2 Å². The third-order valence-electron chi connectivity index (χ3n) is 2.81. The van der Waals surface area contributed by atoms with Gasteiger partial charge in [-0.05, 0) is 37.2 Å². The lowest BCUT2D eigenvalue weighted by Gasteiger charge is -2.34. The molecule has 0 aliphatic carbocycles. The minimum Gasteiger partial charge on any atom is -0.369 e. The summed E-state index contributed by atoms with van der Waals surface area (Å²) < 4.78 is 5.84. The Morgan fingerprint density at radius 1 is 1.25 bits per heavy atom. The molecular weight excluding hydrogens is 168 g/mol. The van der Waals surface area contributed by atoms with E-state index in [4.69, 9.17) is 4.74 Å². The number of hydrogen-bond acceptors (Lipinski definition) is 1. The molecule has 0 aromatic heterocycles. The van der Waals surface area contributed by atoms with Crippen molar-refractivity contribution in [2.75, 3.05) is 19.1 Å². The van der Waals surface area contributed by atoms with E-state index >= 15 is 0 Å². The number of rotatable bonds is 2. The van der Waals surface area contributed by atoms with E-state index in [1.165, 1.54) is 12.8 Å². The zero-order chi connectivity index (χ0) is 9.14. The van der Waals surface area contributed by atoms with Crippen molar-refractivity contribution in [1.29, 1.82) is 0 Å². The molecule has 1 aliphatic rings. The maximum Gasteiger partial charge on any atom is 0.0850 e. The molecule has 0 aromatic rings. The molecular formula is C10H22OS. The van der Waals surface area contributed by atoms with Crippen LogP contribution >= 0.6 is 10.9 Å². The van der Waals surface area contributed by atoms with Crippen molar-refractivity contribution in [3.63, 3.8) is 0 Å². The highest BCUT2D eigenvalue weighted by Crippen LogP contribution is 2.34. The summed E-state index contributed by atoms with van der Waals surface area (Å²) in [6.07, 6.45) is 7.30. The van der Waals surface area contributed by atoms with Gasteiger partial charge >= 0.3 is 0 Å². The van der Waals surface area contributed by atoms with Gasteiger partial charge < -0.3 is 4.74 Å². The third-order valence-corrected chi connectivity index (χ3v) is 4.37. The lowest BCUT2D eigenvalue weighted by molar-refractivity contribution is 0.0173. The van der Waals surface area contributed by atoms with Gasteiger partial charge in [0.15, 0.2) is 0 Å². The fraction of sp³-hybridized carbons (Fsp3) is 1.00. The Hall–Kier alpha value is 0.310. The van der Waals surface area contributed by atoms with Gasteiger partial charge in [0.25, 0.3) is 0 Å². The van der Waals surface area contributed by atoms with Crippen LogP contribution in [-0.2, 0) is 4.74 Å². The van der Waals surface area contributed by atoms with Gasteiger partial charge in [-0.3, -0.25) is 0 Å². The van der Waals surface area contributed by atoms with Crippen LogP contribution in [-0.4, -0.2) is 24.6 Å². The summed E-state index contributed by atoms with van der Waals surface area (Å²) in [7, 11) is 0.121. The van der Waals surface area contributed by atoms with E-state index in [9.17, 15) is 0 Å². The fourth-order valence-electron chi connectivity index (χ4n) is 1.69. The zero-order valence-electron chi connectivity index (χ0n) is 8.71. The highest BCUT2D eigenvalue weighted by Gasteiger charge is 2.24. The third kappa shape index (κ3) is 2.67. The fourth-order valence-corrected chi connectivity index (χ4v) is 2.74. The Balaban J connectivity index is 2.30. The molecule has 2 unspecified atom stereocenters. The van der Waals surface area contributed by atoms with Crippen molar-refractivity contribution < 1.29 is 4.74 Å². The summed E-state index contributed by atoms with van der Waals surface area (Å²) in [5.41, 5.74) is 0.593. The molecule has 0 N–H and O–H groups in total. The average Bonchev–Trinajstić information content (AvgIpc) is 2.04. The predicted octanol–water partition coefficient (Wildman–Crippen LogP) is 2.66. The van der Waals surface area contributed by atoms with Gasteiger partial charge in [0.2, 0.25) is 0 Å². The molecule has 0 spiro atoms. The molecule has 1 heterocycles. The largest absolute Gasteiger partial charge is 0.369 e. The van der Waals surface area contributed by atoms with Gasteiger partial charge in [0, 0.05) is 0 Å². The van der Waals surface area contributed by atoms with Gasteiger partial charge in [-0.15, -0.1) is 0 Å². The predicted molar refractivity (Wildman–Crippen MR) is 58.1 cm³/mol. The number of hydrogen-bond donors (Lipinski definition) is 1. The van der Waals surface area contributed by atoms with Gasteiger partial charge in [-0.1, -0.05) is 13.8 Å². The summed E-state index contributed by atoms with van der Waals surface area (Å²) in [5.74, 6) is 1.61. The van der Waals surface area contributed by atoms with Crippen LogP contribution in [0.5, 0.6) is 0 Å². The molecule has 0 aromatic carbocycles. The monoisotopic (exact) mass is 190 g/mol. The standard InChI is InChI=1S/C10H22OS/c1-8(2)9-5-6-10(11-7-9)12(3)4/h8-10,12H,5-7H2,1-4H3. The quantitative estimate of drug-likeness (QED) is 0.659. The van der Waals surface area contributed by atoms with E-state index in [0.717, 1.165) is 18.4 Å². The number of thiol groups is 1. The van der Waals surface area contributed by atoms with Gasteiger partial charge in [-0.25, -0.2) is 10.9 Å². The van der Waals surface area contributed by atoms with E-state index in [-0.39, 0.29) is 10.9 Å². The first kappa shape index (κ1) is 10.4. The second kappa shape index (κ2) is 4.52. The van der Waals surface area contributed by atoms with E-state index in [0.29, 0.717) is 5.44 Å². The molecule has 74 valence electrons. The smallest absolute Gasteiger partial charge is 0.0850 e. The molecule has 1 aliphatic heterocycles. The van der Waals surface area contributed by atoms with Crippen LogP contribution < -0.4 is 0 Å². The van der Waals surface area contributed by atoms with Crippen LogP contribution in [0.2, 0.25) is 0 Å². The minimum atomic E-state index is 0.121. The average molecular weight is 190 g/mol. The SMILES string of the molecule is CC(C)C1CCC([SH](C)C)OC1. The Bertz CT molecular complexity index is 110. The second-order valence-electron chi connectivity index (χ2n) is 4.33. The molecule has 0 bridgehead atoms. The first-order chi connectivity index (χ1) is 5.61. The summed E-state index contributed by atoms with van der Waals surface area (Å²) in [6, 6.07) is 0. The Morgan fingerprint density at radius 2 is 1.92 bits per heavy atom. The molecule has 12 heavy (non-hydrogen) atoms. The molecule has 2 atom stereocenters. The Morgan fingerprint density at radius 3 is 2.25 bits per heavy atom. The van der Waals surface area contributed by atoms with Crippen molar-refractivity contribution >= 4 is 10.9 Å². The van der Waals surface area contributed by atoms with Crippen LogP contribution in [0.3, 0.4) is 0 Å². The summed E-state index contributed by atoms with van der Waals surface area (Å²) >= 11 is 0. The second-order valence-corrected chi connectivity index (χ2v) is 6.84. The topological polar surface area (TPSA) is 9.23 Å². The molecule has 1 nitrogen and oxygen atoms in total. The van der Waals surface area contributed by atoms with E-state index in [1.807, 2.05) is 0 Å². The molecule has 1 rings (SSSR count). The summed E-state index contributed by atoms with van der Waals surface area (Å²) in [4.78, 5) is 0. The zero-order valence-corrected chi connectivity index (χ0v) is 9.60. The Kier molecular flexibility index (Phi) is 3.91. The molecule has 1 fully saturated rings. The van der Waals surface area contributed by atoms with Crippen LogP contribution in [0.15, 0.2) is 0 Å². The van der Waals surface area contributed by atoms with Gasteiger partial charge in [0.1, 0.15) is 0 Å². The maximum absolute atomic E-state index is 5.84. The summed E-state index contributed by atoms with van der Waals surface area (Å²) in [6.45, 7) is 5.60. The van der Waals surface area contributed by atoms with Crippen LogP contribution in [0.25, 0.3) is 0 Å². The van der Waals surface area contributed by atoms with E-state index in [2.05, 4.69) is 26.4 Å². The molecule has 2 heteroatoms. The van der Waals surface area contributed by atoms with Crippen molar-refractivity contribution in [2.24, 2.45) is 11.8 Å². The van der Waals surface area contributed by atoms with Crippen molar-refractivity contribution in [3.05, 3.63) is 0 Å². The lowest BCUT2D eigenvalue weighted by Crippen LogP contribution is -2.28. The first-order valence-electron chi connectivity index (χ1n) is 4.89. The molecule has 0 radical (unpaired) electrons. The van der Waals surface area contributed by atoms with Crippen LogP contribution in [0, 0.1) is 11.8 Å². The van der Waals surface area contributed by atoms with Crippen molar-refractivity contribution in [3.8, 4) is 0 Å². The van der Waals surface area contributed by atoms with Gasteiger partial charge in [0.05, 0.1) is 12.0 Å². The van der Waals surface area contributed by atoms with Gasteiger partial charge in [-0.2, -0.15) is 0 Å². The molecule has 0 amide bonds. The number of ether oxygens (including phenoxy) is 1. The highest BCUT2D eigenvalue weighted by atomic mass is 32.2. The highest BCUT2D eigenvalue weighted by molar-refractivity contribution is 8.16. The van der Waals surface area contributed by atoms with E-state index in [1.54, 1.807) is 0 Å². The molecule has 1 saturated heterocycles. The maximum atomic E-state index is 5.84. The minimum absolute atomic E-state index is 0.121. The molecule has 0 saturated carbocycles. The normalized spacial score (nSPS) is 32.2.